The van der Waals surface area contributed by atoms with Crippen molar-refractivity contribution < 1.29 is 14.3 Å². The Labute approximate surface area is 155 Å². The van der Waals surface area contributed by atoms with Crippen molar-refractivity contribution in [2.75, 3.05) is 45.9 Å². The van der Waals surface area contributed by atoms with Crippen LogP contribution >= 0.6 is 0 Å². The molecule has 6 nitrogen and oxygen atoms in total. The van der Waals surface area contributed by atoms with Crippen LogP contribution in [0.25, 0.3) is 0 Å². The molecule has 2 aliphatic rings. The summed E-state index contributed by atoms with van der Waals surface area (Å²) in [4.78, 5) is 28.3. The molecule has 6 heteroatoms. The zero-order valence-electron chi connectivity index (χ0n) is 15.6. The molecule has 2 aliphatic heterocycles. The van der Waals surface area contributed by atoms with Gasteiger partial charge in [-0.15, -0.1) is 0 Å². The van der Waals surface area contributed by atoms with Gasteiger partial charge in [-0.25, -0.2) is 0 Å². The molecular formula is C20H29N3O3. The van der Waals surface area contributed by atoms with E-state index in [-0.39, 0.29) is 18.4 Å². The highest BCUT2D eigenvalue weighted by Gasteiger charge is 2.25. The maximum absolute atomic E-state index is 12.3. The van der Waals surface area contributed by atoms with Crippen molar-refractivity contribution in [3.8, 4) is 5.75 Å². The molecule has 2 fully saturated rings. The number of carbonyl (C=O) groups is 2. The summed E-state index contributed by atoms with van der Waals surface area (Å²) in [6, 6.07) is 7.68. The predicted octanol–water partition coefficient (Wildman–Crippen LogP) is 1.43. The van der Waals surface area contributed by atoms with Crippen molar-refractivity contribution >= 4 is 11.8 Å². The fourth-order valence-corrected chi connectivity index (χ4v) is 3.52. The first-order valence-corrected chi connectivity index (χ1v) is 9.57. The SMILES string of the molecule is Cc1ccc(OCC(=O)N2CCN(C(=O)CCC3CCNC3)CC2)cc1. The Hall–Kier alpha value is -2.08. The smallest absolute Gasteiger partial charge is 0.260 e. The van der Waals surface area contributed by atoms with Gasteiger partial charge in [0.1, 0.15) is 5.75 Å². The van der Waals surface area contributed by atoms with E-state index in [1.807, 2.05) is 36.1 Å². The standard InChI is InChI=1S/C20H29N3O3/c1-16-2-5-18(6-3-16)26-15-20(25)23-12-10-22(11-13-23)19(24)7-4-17-8-9-21-14-17/h2-3,5-6,17,21H,4,7-15H2,1H3. The van der Waals surface area contributed by atoms with Gasteiger partial charge in [0, 0.05) is 32.6 Å². The summed E-state index contributed by atoms with van der Waals surface area (Å²) in [6.45, 7) is 6.60. The predicted molar refractivity (Wildman–Crippen MR) is 100 cm³/mol. The molecule has 0 radical (unpaired) electrons. The van der Waals surface area contributed by atoms with E-state index in [9.17, 15) is 9.59 Å². The van der Waals surface area contributed by atoms with Crippen LogP contribution in [0.3, 0.4) is 0 Å². The lowest BCUT2D eigenvalue weighted by Gasteiger charge is -2.35. The Balaban J connectivity index is 1.36. The average Bonchev–Trinajstić information content (AvgIpc) is 3.19. The van der Waals surface area contributed by atoms with E-state index in [1.54, 1.807) is 4.90 Å². The lowest BCUT2D eigenvalue weighted by atomic mass is 10.0. The van der Waals surface area contributed by atoms with Gasteiger partial charge in [0.25, 0.3) is 5.91 Å². The van der Waals surface area contributed by atoms with E-state index in [0.29, 0.717) is 44.3 Å². The normalized spacial score (nSPS) is 20.3. The minimum Gasteiger partial charge on any atom is -0.484 e. The molecule has 1 aromatic carbocycles. The number of ether oxygens (including phenoxy) is 1. The number of rotatable bonds is 6. The number of aryl methyl sites for hydroxylation is 1. The Bertz CT molecular complexity index is 603. The van der Waals surface area contributed by atoms with Crippen LogP contribution in [0.2, 0.25) is 0 Å². The molecule has 0 saturated carbocycles. The summed E-state index contributed by atoms with van der Waals surface area (Å²) in [5.74, 6) is 1.55. The maximum Gasteiger partial charge on any atom is 0.260 e. The fraction of sp³-hybridized carbons (Fsp3) is 0.600. The molecule has 0 aliphatic carbocycles. The monoisotopic (exact) mass is 359 g/mol. The molecule has 142 valence electrons. The fourth-order valence-electron chi connectivity index (χ4n) is 3.52. The molecule has 0 spiro atoms. The highest BCUT2D eigenvalue weighted by molar-refractivity contribution is 5.79. The zero-order chi connectivity index (χ0) is 18.4. The van der Waals surface area contributed by atoms with Crippen molar-refractivity contribution in [2.24, 2.45) is 5.92 Å². The first kappa shape index (κ1) is 18.7. The molecule has 1 unspecified atom stereocenters. The zero-order valence-corrected chi connectivity index (χ0v) is 15.6. The second-order valence-corrected chi connectivity index (χ2v) is 7.26. The van der Waals surface area contributed by atoms with Gasteiger partial charge in [-0.1, -0.05) is 17.7 Å². The minimum atomic E-state index is -0.0188. The van der Waals surface area contributed by atoms with Crippen molar-refractivity contribution in [1.29, 1.82) is 0 Å². The Morgan fingerprint density at radius 3 is 2.35 bits per heavy atom. The first-order chi connectivity index (χ1) is 12.6. The number of carbonyl (C=O) groups excluding carboxylic acids is 2. The number of benzene rings is 1. The molecule has 26 heavy (non-hydrogen) atoms. The molecular weight excluding hydrogens is 330 g/mol. The number of hydrogen-bond acceptors (Lipinski definition) is 4. The van der Waals surface area contributed by atoms with Gasteiger partial charge in [-0.05, 0) is 50.9 Å². The van der Waals surface area contributed by atoms with E-state index < -0.39 is 0 Å². The summed E-state index contributed by atoms with van der Waals surface area (Å²) in [5.41, 5.74) is 1.16. The second-order valence-electron chi connectivity index (χ2n) is 7.26. The van der Waals surface area contributed by atoms with Crippen molar-refractivity contribution in [3.63, 3.8) is 0 Å². The van der Waals surface area contributed by atoms with Gasteiger partial charge in [0.2, 0.25) is 5.91 Å². The van der Waals surface area contributed by atoms with E-state index >= 15 is 0 Å². The third kappa shape index (κ3) is 5.21. The van der Waals surface area contributed by atoms with Crippen LogP contribution in [0, 0.1) is 12.8 Å². The van der Waals surface area contributed by atoms with Crippen LogP contribution in [-0.2, 0) is 9.59 Å². The van der Waals surface area contributed by atoms with Crippen LogP contribution in [0.4, 0.5) is 0 Å². The van der Waals surface area contributed by atoms with Crippen LogP contribution in [0.1, 0.15) is 24.8 Å². The average molecular weight is 359 g/mol. The summed E-state index contributed by atoms with van der Waals surface area (Å²) >= 11 is 0. The quantitative estimate of drug-likeness (QED) is 0.835. The number of nitrogens with one attached hydrogen (secondary N) is 1. The molecule has 0 aromatic heterocycles. The van der Waals surface area contributed by atoms with Gasteiger partial charge in [-0.3, -0.25) is 9.59 Å². The van der Waals surface area contributed by atoms with E-state index in [1.165, 1.54) is 6.42 Å². The van der Waals surface area contributed by atoms with Gasteiger partial charge in [0.05, 0.1) is 0 Å². The lowest BCUT2D eigenvalue weighted by Crippen LogP contribution is -2.51. The van der Waals surface area contributed by atoms with E-state index in [0.717, 1.165) is 25.1 Å². The maximum atomic E-state index is 12.3. The van der Waals surface area contributed by atoms with Gasteiger partial charge < -0.3 is 19.9 Å². The second kappa shape index (κ2) is 9.03. The summed E-state index contributed by atoms with van der Waals surface area (Å²) in [7, 11) is 0. The van der Waals surface area contributed by atoms with E-state index in [4.69, 9.17) is 4.74 Å². The number of nitrogens with zero attached hydrogens (tertiary/aromatic N) is 2. The largest absolute Gasteiger partial charge is 0.484 e. The third-order valence-electron chi connectivity index (χ3n) is 5.30. The molecule has 0 bridgehead atoms. The van der Waals surface area contributed by atoms with Crippen LogP contribution in [-0.4, -0.2) is 67.5 Å². The van der Waals surface area contributed by atoms with Crippen LogP contribution in [0.5, 0.6) is 5.75 Å². The molecule has 2 heterocycles. The Morgan fingerprint density at radius 2 is 1.73 bits per heavy atom. The molecule has 1 atom stereocenters. The topological polar surface area (TPSA) is 61.9 Å². The first-order valence-electron chi connectivity index (χ1n) is 9.57. The molecule has 1 N–H and O–H groups in total. The molecule has 2 saturated heterocycles. The Kier molecular flexibility index (Phi) is 6.50. The van der Waals surface area contributed by atoms with Gasteiger partial charge in [-0.2, -0.15) is 0 Å². The highest BCUT2D eigenvalue weighted by Crippen LogP contribution is 2.16. The lowest BCUT2D eigenvalue weighted by molar-refractivity contribution is -0.140. The van der Waals surface area contributed by atoms with Crippen LogP contribution < -0.4 is 10.1 Å². The molecule has 2 amide bonds. The third-order valence-corrected chi connectivity index (χ3v) is 5.30. The van der Waals surface area contributed by atoms with Gasteiger partial charge in [0.15, 0.2) is 6.61 Å². The number of piperazine rings is 1. The number of amides is 2. The van der Waals surface area contributed by atoms with Crippen molar-refractivity contribution in [2.45, 2.75) is 26.2 Å². The molecule has 3 rings (SSSR count). The summed E-state index contributed by atoms with van der Waals surface area (Å²) in [6.07, 6.45) is 2.77. The number of hydrogen-bond donors (Lipinski definition) is 1. The molecule has 1 aromatic rings. The summed E-state index contributed by atoms with van der Waals surface area (Å²) in [5, 5.41) is 3.34. The minimum absolute atomic E-state index is 0.0188. The summed E-state index contributed by atoms with van der Waals surface area (Å²) < 4.78 is 5.57. The van der Waals surface area contributed by atoms with Crippen LogP contribution in [0.15, 0.2) is 24.3 Å². The Morgan fingerprint density at radius 1 is 1.08 bits per heavy atom. The van der Waals surface area contributed by atoms with Gasteiger partial charge >= 0.3 is 0 Å². The van der Waals surface area contributed by atoms with E-state index in [2.05, 4.69) is 5.32 Å². The highest BCUT2D eigenvalue weighted by atomic mass is 16.5. The van der Waals surface area contributed by atoms with Crippen molar-refractivity contribution in [3.05, 3.63) is 29.8 Å². The van der Waals surface area contributed by atoms with Crippen molar-refractivity contribution in [1.82, 2.24) is 15.1 Å².